The third-order valence-corrected chi connectivity index (χ3v) is 5.34. The predicted octanol–water partition coefficient (Wildman–Crippen LogP) is 2.10. The van der Waals surface area contributed by atoms with Crippen LogP contribution in [0.4, 0.5) is 5.69 Å². The van der Waals surface area contributed by atoms with E-state index in [-0.39, 0.29) is 5.69 Å². The van der Waals surface area contributed by atoms with E-state index in [1.54, 1.807) is 11.0 Å². The number of halogens is 1. The second kappa shape index (κ2) is 6.76. The molecule has 0 saturated heterocycles. The number of nitrogens with zero attached hydrogens (tertiary/aromatic N) is 3. The maximum absolute atomic E-state index is 10.8. The zero-order chi connectivity index (χ0) is 16.3. The van der Waals surface area contributed by atoms with Crippen molar-refractivity contribution in [2.45, 2.75) is 31.3 Å². The van der Waals surface area contributed by atoms with Crippen LogP contribution in [0.1, 0.15) is 0 Å². The van der Waals surface area contributed by atoms with Gasteiger partial charge in [0.1, 0.15) is 6.73 Å². The van der Waals surface area contributed by atoms with Crippen LogP contribution in [0.5, 0.6) is 0 Å². The molecule has 22 heavy (non-hydrogen) atoms. The minimum absolute atomic E-state index is 0.0135. The molecule has 1 aliphatic rings. The highest BCUT2D eigenvalue weighted by Crippen LogP contribution is 2.12. The van der Waals surface area contributed by atoms with Crippen LogP contribution in [0.25, 0.3) is 6.20 Å². The summed E-state index contributed by atoms with van der Waals surface area (Å²) in [5.74, 6) is 0. The average Bonchev–Trinajstić information content (AvgIpc) is 2.42. The van der Waals surface area contributed by atoms with Crippen molar-refractivity contribution in [3.8, 4) is 0 Å². The summed E-state index contributed by atoms with van der Waals surface area (Å²) in [4.78, 5) is 16.4. The van der Waals surface area contributed by atoms with Crippen molar-refractivity contribution in [3.63, 3.8) is 0 Å². The van der Waals surface area contributed by atoms with Crippen LogP contribution in [-0.4, -0.2) is 36.9 Å². The molecular weight excluding hydrogens is 322 g/mol. The van der Waals surface area contributed by atoms with Crippen LogP contribution in [-0.2, 0) is 4.74 Å². The van der Waals surface area contributed by atoms with Crippen molar-refractivity contribution >= 4 is 31.6 Å². The maximum Gasteiger partial charge on any atom is 0.271 e. The van der Waals surface area contributed by atoms with E-state index in [1.807, 2.05) is 6.20 Å². The molecule has 0 amide bonds. The topological polar surface area (TPSA) is 68.0 Å². The summed E-state index contributed by atoms with van der Waals surface area (Å²) in [5.41, 5.74) is -0.596. The fourth-order valence-corrected chi connectivity index (χ4v) is 2.92. The van der Waals surface area contributed by atoms with E-state index in [0.717, 1.165) is 11.3 Å². The summed E-state index contributed by atoms with van der Waals surface area (Å²) in [7, 11) is -1.11. The lowest BCUT2D eigenvalue weighted by molar-refractivity contribution is -0.385. The number of rotatable bonds is 6. The lowest BCUT2D eigenvalue weighted by Gasteiger charge is -2.26. The Hall–Kier alpha value is -1.44. The molecule has 0 aliphatic carbocycles. The van der Waals surface area contributed by atoms with Crippen LogP contribution < -0.4 is 10.6 Å². The van der Waals surface area contributed by atoms with Gasteiger partial charge in [-0.1, -0.05) is 31.2 Å². The minimum atomic E-state index is -1.11. The molecule has 1 heterocycles. The molecule has 0 N–H and O–H groups in total. The first-order valence-corrected chi connectivity index (χ1v) is 11.2. The summed E-state index contributed by atoms with van der Waals surface area (Å²) >= 11 is 6.20. The fraction of sp³-hybridized carbons (Fsp3) is 0.500. The van der Waals surface area contributed by atoms with Gasteiger partial charge in [0.05, 0.1) is 10.3 Å². The van der Waals surface area contributed by atoms with E-state index in [1.165, 1.54) is 12.1 Å². The van der Waals surface area contributed by atoms with Gasteiger partial charge in [-0.25, -0.2) is 4.99 Å². The van der Waals surface area contributed by atoms with Crippen LogP contribution >= 0.6 is 11.6 Å². The molecule has 0 bridgehead atoms. The SMILES string of the molecule is C[Si](C)(C)CCOCN1C=c2ccc([N+](=O)[O-])cc2=NC1Cl. The standard InChI is InChI=1S/C14H20ClN3O3Si/c1-22(2,3)7-6-21-10-17-9-11-4-5-12(18(19)20)8-13(11)16-14(17)15/h4-5,8-9,14H,6-7,10H2,1-3H3. The number of benzene rings is 1. The Balaban J connectivity index is 2.06. The van der Waals surface area contributed by atoms with Gasteiger partial charge in [0, 0.05) is 38.2 Å². The average molecular weight is 342 g/mol. The highest BCUT2D eigenvalue weighted by atomic mass is 35.5. The minimum Gasteiger partial charge on any atom is -0.361 e. The number of non-ortho nitro benzene ring substituents is 1. The Kier molecular flexibility index (Phi) is 5.20. The lowest BCUT2D eigenvalue weighted by atomic mass is 10.2. The highest BCUT2D eigenvalue weighted by molar-refractivity contribution is 6.76. The van der Waals surface area contributed by atoms with Gasteiger partial charge >= 0.3 is 0 Å². The van der Waals surface area contributed by atoms with Gasteiger partial charge in [0.2, 0.25) is 0 Å². The zero-order valence-corrected chi connectivity index (χ0v) is 14.7. The molecule has 6 nitrogen and oxygen atoms in total. The molecule has 0 radical (unpaired) electrons. The Morgan fingerprint density at radius 1 is 1.45 bits per heavy atom. The molecule has 1 atom stereocenters. The van der Waals surface area contributed by atoms with Gasteiger partial charge in [0.25, 0.3) is 5.69 Å². The van der Waals surface area contributed by atoms with Crippen LogP contribution in [0, 0.1) is 10.1 Å². The molecular formula is C14H20ClN3O3Si. The highest BCUT2D eigenvalue weighted by Gasteiger charge is 2.17. The fourth-order valence-electron chi connectivity index (χ4n) is 1.94. The monoisotopic (exact) mass is 341 g/mol. The molecule has 1 unspecified atom stereocenters. The third-order valence-electron chi connectivity index (χ3n) is 3.29. The molecule has 1 aliphatic heterocycles. The largest absolute Gasteiger partial charge is 0.361 e. The number of fused-ring (bicyclic) bond motifs is 1. The third kappa shape index (κ3) is 4.52. The van der Waals surface area contributed by atoms with E-state index in [9.17, 15) is 10.1 Å². The Labute approximate surface area is 135 Å². The quantitative estimate of drug-likeness (QED) is 0.198. The molecule has 2 rings (SSSR count). The van der Waals surface area contributed by atoms with Crippen molar-refractivity contribution < 1.29 is 9.66 Å². The first kappa shape index (κ1) is 16.9. The van der Waals surface area contributed by atoms with Crippen LogP contribution in [0.2, 0.25) is 25.7 Å². The van der Waals surface area contributed by atoms with Gasteiger partial charge in [0.15, 0.2) is 5.62 Å². The number of hydrogen-bond acceptors (Lipinski definition) is 5. The van der Waals surface area contributed by atoms with E-state index >= 15 is 0 Å². The van der Waals surface area contributed by atoms with E-state index in [4.69, 9.17) is 16.3 Å². The summed E-state index contributed by atoms with van der Waals surface area (Å²) in [5, 5.41) is 12.1. The molecule has 0 spiro atoms. The molecule has 0 saturated carbocycles. The molecule has 1 aromatic carbocycles. The first-order valence-electron chi connectivity index (χ1n) is 7.08. The number of hydrogen-bond donors (Lipinski definition) is 0. The van der Waals surface area contributed by atoms with E-state index in [2.05, 4.69) is 24.6 Å². The summed E-state index contributed by atoms with van der Waals surface area (Å²) in [6.07, 6.45) is 1.83. The number of nitro groups is 1. The van der Waals surface area contributed by atoms with Crippen molar-refractivity contribution in [3.05, 3.63) is 38.9 Å². The lowest BCUT2D eigenvalue weighted by Crippen LogP contribution is -2.40. The smallest absolute Gasteiger partial charge is 0.271 e. The van der Waals surface area contributed by atoms with E-state index < -0.39 is 18.6 Å². The van der Waals surface area contributed by atoms with Crippen molar-refractivity contribution in [1.29, 1.82) is 0 Å². The molecule has 0 fully saturated rings. The molecule has 1 aromatic rings. The van der Waals surface area contributed by atoms with Crippen molar-refractivity contribution in [2.24, 2.45) is 4.99 Å². The second-order valence-electron chi connectivity index (χ2n) is 6.43. The van der Waals surface area contributed by atoms with Gasteiger partial charge in [-0.15, -0.1) is 0 Å². The van der Waals surface area contributed by atoms with Crippen molar-refractivity contribution in [1.82, 2.24) is 4.90 Å². The second-order valence-corrected chi connectivity index (χ2v) is 12.4. The van der Waals surface area contributed by atoms with Gasteiger partial charge in [-0.05, 0) is 12.1 Å². The first-order chi connectivity index (χ1) is 10.3. The maximum atomic E-state index is 10.8. The Bertz CT molecular complexity index is 675. The Morgan fingerprint density at radius 3 is 2.82 bits per heavy atom. The summed E-state index contributed by atoms with van der Waals surface area (Å²) < 4.78 is 5.67. The van der Waals surface area contributed by atoms with Crippen LogP contribution in [0.15, 0.2) is 23.2 Å². The molecule has 0 aromatic heterocycles. The molecule has 8 heteroatoms. The van der Waals surface area contributed by atoms with Crippen molar-refractivity contribution in [2.75, 3.05) is 13.3 Å². The number of ether oxygens (including phenoxy) is 1. The number of alkyl halides is 1. The Morgan fingerprint density at radius 2 is 2.18 bits per heavy atom. The predicted molar refractivity (Wildman–Crippen MR) is 88.8 cm³/mol. The van der Waals surface area contributed by atoms with Gasteiger partial charge < -0.3 is 9.64 Å². The number of nitro benzene ring substituents is 1. The zero-order valence-electron chi connectivity index (χ0n) is 13.0. The summed E-state index contributed by atoms with van der Waals surface area (Å²) in [6, 6.07) is 5.66. The van der Waals surface area contributed by atoms with Gasteiger partial charge in [-0.2, -0.15) is 0 Å². The van der Waals surface area contributed by atoms with Gasteiger partial charge in [-0.3, -0.25) is 10.1 Å². The van der Waals surface area contributed by atoms with Crippen LogP contribution in [0.3, 0.4) is 0 Å². The normalized spacial score (nSPS) is 17.5. The molecule has 120 valence electrons. The van der Waals surface area contributed by atoms with E-state index in [0.29, 0.717) is 18.7 Å². The summed E-state index contributed by atoms with van der Waals surface area (Å²) in [6.45, 7) is 7.96.